The Morgan fingerprint density at radius 3 is 2.58 bits per heavy atom. The van der Waals surface area contributed by atoms with Gasteiger partial charge < -0.3 is 9.29 Å². The molecule has 0 amide bonds. The predicted molar refractivity (Wildman–Crippen MR) is 78.3 cm³/mol. The molecule has 6 nitrogen and oxygen atoms in total. The molecule has 0 aliphatic rings. The van der Waals surface area contributed by atoms with Gasteiger partial charge in [-0.05, 0) is 18.2 Å². The van der Waals surface area contributed by atoms with Crippen LogP contribution in [-0.4, -0.2) is 31.8 Å². The van der Waals surface area contributed by atoms with Crippen LogP contribution in [0.5, 0.6) is 0 Å². The summed E-state index contributed by atoms with van der Waals surface area (Å²) in [5, 5.41) is 0. The highest BCUT2D eigenvalue weighted by Gasteiger charge is 2.34. The zero-order valence-electron chi connectivity index (χ0n) is 12.2. The Bertz CT molecular complexity index is 796. The molecule has 1 atom stereocenters. The summed E-state index contributed by atoms with van der Waals surface area (Å²) in [5.41, 5.74) is -1.01. The Balaban J connectivity index is 2.56. The van der Waals surface area contributed by atoms with Gasteiger partial charge in [0.2, 0.25) is 0 Å². The van der Waals surface area contributed by atoms with E-state index in [1.165, 1.54) is 31.4 Å². The Morgan fingerprint density at radius 1 is 1.29 bits per heavy atom. The number of hydrogen-bond donors (Lipinski definition) is 1. The molecule has 0 saturated carbocycles. The van der Waals surface area contributed by atoms with E-state index in [1.54, 1.807) is 0 Å². The lowest BCUT2D eigenvalue weighted by Crippen LogP contribution is -2.12. The summed E-state index contributed by atoms with van der Waals surface area (Å²) >= 11 is -2.40. The zero-order valence-corrected chi connectivity index (χ0v) is 13.0. The number of alkyl halides is 3. The van der Waals surface area contributed by atoms with E-state index >= 15 is 0 Å². The Kier molecular flexibility index (Phi) is 5.30. The number of esters is 1. The van der Waals surface area contributed by atoms with Gasteiger partial charge >= 0.3 is 12.1 Å². The monoisotopic (exact) mass is 360 g/mol. The highest BCUT2D eigenvalue weighted by atomic mass is 32.2. The highest BCUT2D eigenvalue weighted by Crippen LogP contribution is 2.30. The lowest BCUT2D eigenvalue weighted by Gasteiger charge is -2.10. The number of halogens is 3. The summed E-state index contributed by atoms with van der Waals surface area (Å²) in [6.07, 6.45) is -4.75. The summed E-state index contributed by atoms with van der Waals surface area (Å²) in [7, 11) is 1.18. The van der Waals surface area contributed by atoms with Crippen LogP contribution in [0.1, 0.15) is 21.9 Å². The molecule has 1 unspecified atom stereocenters. The van der Waals surface area contributed by atoms with Gasteiger partial charge in [0, 0.05) is 5.56 Å². The van der Waals surface area contributed by atoms with Gasteiger partial charge in [0.25, 0.3) is 0 Å². The van der Waals surface area contributed by atoms with Crippen molar-refractivity contribution in [1.29, 1.82) is 0 Å². The van der Waals surface area contributed by atoms with Gasteiger partial charge in [0.1, 0.15) is 17.3 Å². The van der Waals surface area contributed by atoms with Crippen LogP contribution in [0, 0.1) is 0 Å². The fraction of sp³-hybridized carbons (Fsp3) is 0.214. The number of methoxy groups -OCH3 is 1. The predicted octanol–water partition coefficient (Wildman–Crippen LogP) is 2.67. The van der Waals surface area contributed by atoms with Crippen molar-refractivity contribution < 1.29 is 31.5 Å². The summed E-state index contributed by atoms with van der Waals surface area (Å²) in [6, 6.07) is 6.37. The average molecular weight is 360 g/mol. The second-order valence-electron chi connectivity index (χ2n) is 4.59. The topological polar surface area (TPSA) is 89.4 Å². The van der Waals surface area contributed by atoms with Crippen molar-refractivity contribution in [1.82, 2.24) is 9.97 Å². The third-order valence-corrected chi connectivity index (χ3v) is 3.40. The minimum absolute atomic E-state index is 0.122. The molecule has 24 heavy (non-hydrogen) atoms. The average Bonchev–Trinajstić information content (AvgIpc) is 2.52. The third kappa shape index (κ3) is 4.36. The van der Waals surface area contributed by atoms with Gasteiger partial charge in [-0.15, -0.1) is 0 Å². The largest absolute Gasteiger partial charge is 0.465 e. The van der Waals surface area contributed by atoms with Crippen molar-refractivity contribution in [2.45, 2.75) is 11.9 Å². The summed E-state index contributed by atoms with van der Waals surface area (Å²) < 4.78 is 63.1. The molecule has 128 valence electrons. The summed E-state index contributed by atoms with van der Waals surface area (Å²) in [5.74, 6) is -1.73. The second-order valence-corrected chi connectivity index (χ2v) is 5.52. The number of ether oxygens (including phenoxy) is 1. The van der Waals surface area contributed by atoms with Crippen LogP contribution in [0.3, 0.4) is 0 Å². The van der Waals surface area contributed by atoms with Crippen molar-refractivity contribution in [3.05, 3.63) is 47.4 Å². The molecule has 0 spiro atoms. The number of hydrogen-bond acceptors (Lipinski definition) is 5. The fourth-order valence-electron chi connectivity index (χ4n) is 1.89. The molecule has 1 aromatic carbocycles. The maximum absolute atomic E-state index is 13.0. The minimum atomic E-state index is -4.75. The van der Waals surface area contributed by atoms with Crippen LogP contribution in [-0.2, 0) is 27.7 Å². The van der Waals surface area contributed by atoms with Crippen LogP contribution in [0.2, 0.25) is 0 Å². The van der Waals surface area contributed by atoms with Gasteiger partial charge in [-0.3, -0.25) is 0 Å². The van der Waals surface area contributed by atoms with Gasteiger partial charge in [-0.2, -0.15) is 13.2 Å². The normalized spacial score (nSPS) is 12.7. The molecule has 0 radical (unpaired) electrons. The van der Waals surface area contributed by atoms with E-state index in [0.29, 0.717) is 6.07 Å². The van der Waals surface area contributed by atoms with Crippen LogP contribution < -0.4 is 0 Å². The van der Waals surface area contributed by atoms with Crippen LogP contribution in [0.15, 0.2) is 30.3 Å². The van der Waals surface area contributed by atoms with Gasteiger partial charge in [-0.25, -0.2) is 19.0 Å². The van der Waals surface area contributed by atoms with Crippen LogP contribution >= 0.6 is 0 Å². The summed E-state index contributed by atoms with van der Waals surface area (Å²) in [4.78, 5) is 18.7. The standard InChI is InChI=1S/C14H11F3N2O4S/c1-23-13(20)9-4-2-3-8(5-9)10-6-11(14(15,16)17)19-12(18-10)7-24(21)22/h2-6H,7H2,1H3,(H,21,22). The van der Waals surface area contributed by atoms with E-state index in [0.717, 1.165) is 0 Å². The molecular weight excluding hydrogens is 349 g/mol. The highest BCUT2D eigenvalue weighted by molar-refractivity contribution is 7.78. The molecule has 1 heterocycles. The number of carbonyl (C=O) groups is 1. The molecule has 10 heteroatoms. The van der Waals surface area contributed by atoms with E-state index in [-0.39, 0.29) is 16.8 Å². The quantitative estimate of drug-likeness (QED) is 0.666. The number of nitrogens with zero attached hydrogens (tertiary/aromatic N) is 2. The fourth-order valence-corrected chi connectivity index (χ4v) is 2.24. The molecule has 0 saturated heterocycles. The zero-order chi connectivity index (χ0) is 17.9. The van der Waals surface area contributed by atoms with E-state index in [2.05, 4.69) is 14.7 Å². The summed E-state index contributed by atoms with van der Waals surface area (Å²) in [6.45, 7) is 0. The molecular formula is C14H11F3N2O4S. The first-order chi connectivity index (χ1) is 11.2. The second kappa shape index (κ2) is 7.05. The molecule has 2 aromatic rings. The number of benzene rings is 1. The van der Waals surface area contributed by atoms with E-state index in [1.807, 2.05) is 0 Å². The van der Waals surface area contributed by atoms with E-state index in [9.17, 15) is 22.2 Å². The van der Waals surface area contributed by atoms with E-state index < -0.39 is 40.5 Å². The Morgan fingerprint density at radius 2 is 2.00 bits per heavy atom. The first-order valence-corrected chi connectivity index (χ1v) is 7.69. The molecule has 0 bridgehead atoms. The Hall–Kier alpha value is -2.33. The van der Waals surface area contributed by atoms with E-state index in [4.69, 9.17) is 4.55 Å². The van der Waals surface area contributed by atoms with Gasteiger partial charge in [0.05, 0.1) is 18.4 Å². The van der Waals surface area contributed by atoms with Gasteiger partial charge in [0.15, 0.2) is 11.1 Å². The number of aromatic nitrogens is 2. The SMILES string of the molecule is COC(=O)c1cccc(-c2cc(C(F)(F)F)nc(CS(=O)O)n2)c1. The van der Waals surface area contributed by atoms with Crippen molar-refractivity contribution >= 4 is 17.0 Å². The molecule has 1 N–H and O–H groups in total. The van der Waals surface area contributed by atoms with Crippen LogP contribution in [0.4, 0.5) is 13.2 Å². The number of rotatable bonds is 4. The first kappa shape index (κ1) is 18.0. The molecule has 0 fully saturated rings. The van der Waals surface area contributed by atoms with Crippen molar-refractivity contribution in [3.63, 3.8) is 0 Å². The lowest BCUT2D eigenvalue weighted by atomic mass is 10.1. The Labute approximate surface area is 137 Å². The van der Waals surface area contributed by atoms with Crippen molar-refractivity contribution in [3.8, 4) is 11.3 Å². The molecule has 1 aromatic heterocycles. The van der Waals surface area contributed by atoms with Crippen molar-refractivity contribution in [2.24, 2.45) is 0 Å². The van der Waals surface area contributed by atoms with Crippen molar-refractivity contribution in [2.75, 3.05) is 7.11 Å². The molecule has 0 aliphatic carbocycles. The van der Waals surface area contributed by atoms with Crippen LogP contribution in [0.25, 0.3) is 11.3 Å². The lowest BCUT2D eigenvalue weighted by molar-refractivity contribution is -0.141. The minimum Gasteiger partial charge on any atom is -0.465 e. The smallest absolute Gasteiger partial charge is 0.433 e. The first-order valence-electron chi connectivity index (χ1n) is 6.42. The molecule has 2 rings (SSSR count). The maximum atomic E-state index is 13.0. The van der Waals surface area contributed by atoms with Gasteiger partial charge in [-0.1, -0.05) is 12.1 Å². The maximum Gasteiger partial charge on any atom is 0.433 e. The molecule has 0 aliphatic heterocycles. The number of carbonyl (C=O) groups excluding carboxylic acids is 1. The third-order valence-electron chi connectivity index (χ3n) is 2.89.